The Morgan fingerprint density at radius 1 is 1.24 bits per heavy atom. The summed E-state index contributed by atoms with van der Waals surface area (Å²) in [6.45, 7) is 4.53. The molecule has 0 spiro atoms. The van der Waals surface area contributed by atoms with Gasteiger partial charge in [0, 0.05) is 21.9 Å². The molecule has 2 aromatic rings. The van der Waals surface area contributed by atoms with Gasteiger partial charge in [0.2, 0.25) is 0 Å². The zero-order valence-corrected chi connectivity index (χ0v) is 15.8. The molecule has 1 aromatic heterocycles. The van der Waals surface area contributed by atoms with E-state index >= 15 is 0 Å². The molecule has 4 heteroatoms. The normalized spacial score (nSPS) is 13.0. The molecule has 0 radical (unpaired) electrons. The molecule has 1 heterocycles. The maximum Gasteiger partial charge on any atom is 0.111 e. The number of hydrogen-bond acceptors (Lipinski definition) is 1. The molecular formula is C17H24ClIN2. The Balaban J connectivity index is 2.48. The minimum atomic E-state index is 0.554. The fourth-order valence-electron chi connectivity index (χ4n) is 2.97. The number of aryl methyl sites for hydroxylation is 1. The quantitative estimate of drug-likeness (QED) is 0.382. The van der Waals surface area contributed by atoms with Gasteiger partial charge >= 0.3 is 0 Å². The monoisotopic (exact) mass is 418 g/mol. The molecule has 1 atom stereocenters. The van der Waals surface area contributed by atoms with Crippen LogP contribution in [0.5, 0.6) is 0 Å². The summed E-state index contributed by atoms with van der Waals surface area (Å²) in [6, 6.07) is 7.12. The number of rotatable bonds is 8. The van der Waals surface area contributed by atoms with Gasteiger partial charge in [0.25, 0.3) is 0 Å². The Morgan fingerprint density at radius 3 is 2.71 bits per heavy atom. The van der Waals surface area contributed by atoms with E-state index in [4.69, 9.17) is 16.6 Å². The summed E-state index contributed by atoms with van der Waals surface area (Å²) >= 11 is 8.35. The topological polar surface area (TPSA) is 17.8 Å². The Hall–Kier alpha value is -0.290. The molecule has 0 fully saturated rings. The number of fused-ring (bicyclic) bond motifs is 1. The molecular weight excluding hydrogens is 395 g/mol. The molecule has 1 unspecified atom stereocenters. The van der Waals surface area contributed by atoms with Crippen LogP contribution in [0.15, 0.2) is 18.2 Å². The van der Waals surface area contributed by atoms with Gasteiger partial charge in [-0.3, -0.25) is 0 Å². The third-order valence-electron chi connectivity index (χ3n) is 3.92. The first-order valence-electron chi connectivity index (χ1n) is 7.93. The lowest BCUT2D eigenvalue weighted by Gasteiger charge is -2.21. The molecule has 0 aliphatic carbocycles. The predicted molar refractivity (Wildman–Crippen MR) is 100 cm³/mol. The van der Waals surface area contributed by atoms with Crippen LogP contribution in [0.3, 0.4) is 0 Å². The largest absolute Gasteiger partial charge is 0.325 e. The number of hydrogen-bond donors (Lipinski definition) is 0. The van der Waals surface area contributed by atoms with Crippen LogP contribution in [-0.2, 0) is 6.42 Å². The molecule has 2 rings (SSSR count). The smallest absolute Gasteiger partial charge is 0.111 e. The van der Waals surface area contributed by atoms with Crippen LogP contribution in [-0.4, -0.2) is 15.4 Å². The second kappa shape index (κ2) is 8.37. The second-order valence-corrected chi connectivity index (χ2v) is 7.18. The maximum absolute atomic E-state index is 6.00. The lowest BCUT2D eigenvalue weighted by atomic mass is 10.0. The van der Waals surface area contributed by atoms with Crippen molar-refractivity contribution in [1.82, 2.24) is 9.55 Å². The first kappa shape index (κ1) is 17.1. The third-order valence-corrected chi connectivity index (χ3v) is 4.78. The van der Waals surface area contributed by atoms with Crippen molar-refractivity contribution in [3.05, 3.63) is 27.6 Å². The van der Waals surface area contributed by atoms with Crippen LogP contribution in [0.4, 0.5) is 0 Å². The highest BCUT2D eigenvalue weighted by atomic mass is 127. The summed E-state index contributed by atoms with van der Waals surface area (Å²) in [5.41, 5.74) is 2.38. The number of benzene rings is 1. The van der Waals surface area contributed by atoms with Gasteiger partial charge < -0.3 is 4.57 Å². The van der Waals surface area contributed by atoms with Crippen molar-refractivity contribution in [3.8, 4) is 0 Å². The second-order valence-electron chi connectivity index (χ2n) is 5.55. The summed E-state index contributed by atoms with van der Waals surface area (Å²) in [6.07, 6.45) is 7.02. The number of halogens is 2. The van der Waals surface area contributed by atoms with Crippen LogP contribution < -0.4 is 0 Å². The van der Waals surface area contributed by atoms with Gasteiger partial charge in [-0.15, -0.1) is 11.6 Å². The summed E-state index contributed by atoms with van der Waals surface area (Å²) in [7, 11) is 0. The van der Waals surface area contributed by atoms with E-state index in [9.17, 15) is 0 Å². The van der Waals surface area contributed by atoms with Gasteiger partial charge in [-0.05, 0) is 53.6 Å². The molecule has 1 aromatic carbocycles. The van der Waals surface area contributed by atoms with Gasteiger partial charge in [-0.1, -0.05) is 33.1 Å². The lowest BCUT2D eigenvalue weighted by molar-refractivity contribution is 0.415. The minimum absolute atomic E-state index is 0.554. The number of unbranched alkanes of at least 4 members (excludes halogenated alkanes) is 1. The van der Waals surface area contributed by atoms with E-state index in [1.165, 1.54) is 41.2 Å². The fraction of sp³-hybridized carbons (Fsp3) is 0.588. The van der Waals surface area contributed by atoms with Gasteiger partial charge in [0.15, 0.2) is 0 Å². The Morgan fingerprint density at radius 2 is 2.05 bits per heavy atom. The predicted octanol–water partition coefficient (Wildman–Crippen LogP) is 5.95. The molecule has 0 amide bonds. The first-order chi connectivity index (χ1) is 10.2. The van der Waals surface area contributed by atoms with Gasteiger partial charge in [-0.2, -0.15) is 0 Å². The fourth-order valence-corrected chi connectivity index (χ4v) is 3.61. The number of imidazole rings is 1. The van der Waals surface area contributed by atoms with E-state index in [2.05, 4.69) is 59.2 Å². The minimum Gasteiger partial charge on any atom is -0.325 e. The molecule has 0 N–H and O–H groups in total. The zero-order valence-electron chi connectivity index (χ0n) is 12.9. The van der Waals surface area contributed by atoms with Crippen molar-refractivity contribution in [1.29, 1.82) is 0 Å². The molecule has 0 aliphatic rings. The van der Waals surface area contributed by atoms with E-state index < -0.39 is 0 Å². The van der Waals surface area contributed by atoms with E-state index in [-0.39, 0.29) is 0 Å². The number of alkyl halides is 1. The van der Waals surface area contributed by atoms with E-state index in [1.54, 1.807) is 0 Å². The molecule has 0 saturated carbocycles. The molecule has 0 saturated heterocycles. The summed E-state index contributed by atoms with van der Waals surface area (Å²) in [5, 5.41) is 0. The van der Waals surface area contributed by atoms with Crippen molar-refractivity contribution in [3.63, 3.8) is 0 Å². The highest BCUT2D eigenvalue weighted by Gasteiger charge is 2.18. The van der Waals surface area contributed by atoms with Crippen molar-refractivity contribution in [2.75, 3.05) is 5.88 Å². The first-order valence-corrected chi connectivity index (χ1v) is 9.54. The Labute approximate surface area is 146 Å². The van der Waals surface area contributed by atoms with Gasteiger partial charge in [0.05, 0.1) is 11.0 Å². The highest BCUT2D eigenvalue weighted by Crippen LogP contribution is 2.29. The Bertz CT molecular complexity index is 579. The van der Waals surface area contributed by atoms with Gasteiger partial charge in [-0.25, -0.2) is 4.98 Å². The number of aromatic nitrogens is 2. The van der Waals surface area contributed by atoms with E-state index in [0.717, 1.165) is 17.8 Å². The van der Waals surface area contributed by atoms with Crippen molar-refractivity contribution < 1.29 is 0 Å². The van der Waals surface area contributed by atoms with E-state index in [1.807, 2.05) is 0 Å². The molecule has 0 bridgehead atoms. The maximum atomic E-state index is 6.00. The van der Waals surface area contributed by atoms with Crippen molar-refractivity contribution in [2.24, 2.45) is 0 Å². The van der Waals surface area contributed by atoms with Crippen molar-refractivity contribution in [2.45, 2.75) is 58.4 Å². The SMILES string of the molecule is CCCCC(CCC)n1c(CCCl)nc2cc(I)ccc21. The van der Waals surface area contributed by atoms with Crippen LogP contribution in [0, 0.1) is 3.57 Å². The van der Waals surface area contributed by atoms with Crippen LogP contribution in [0.25, 0.3) is 11.0 Å². The molecule has 116 valence electrons. The Kier molecular flexibility index (Phi) is 6.80. The van der Waals surface area contributed by atoms with Crippen LogP contribution in [0.2, 0.25) is 0 Å². The van der Waals surface area contributed by atoms with Gasteiger partial charge in [0.1, 0.15) is 5.82 Å². The lowest BCUT2D eigenvalue weighted by Crippen LogP contribution is -2.13. The third kappa shape index (κ3) is 4.13. The standard InChI is InChI=1S/C17H24ClIN2/c1-3-5-7-14(6-4-2)21-16-9-8-13(19)12-15(16)20-17(21)10-11-18/h8-9,12,14H,3-7,10-11H2,1-2H3. The number of nitrogens with zero attached hydrogens (tertiary/aromatic N) is 2. The molecule has 21 heavy (non-hydrogen) atoms. The summed E-state index contributed by atoms with van der Waals surface area (Å²) < 4.78 is 3.70. The van der Waals surface area contributed by atoms with Crippen LogP contribution >= 0.6 is 34.2 Å². The average molecular weight is 419 g/mol. The molecule has 2 nitrogen and oxygen atoms in total. The average Bonchev–Trinajstić information content (AvgIpc) is 2.81. The zero-order chi connectivity index (χ0) is 15.2. The highest BCUT2D eigenvalue weighted by molar-refractivity contribution is 14.1. The van der Waals surface area contributed by atoms with Crippen molar-refractivity contribution >= 4 is 45.2 Å². The van der Waals surface area contributed by atoms with Crippen LogP contribution in [0.1, 0.15) is 57.8 Å². The summed E-state index contributed by atoms with van der Waals surface area (Å²) in [4.78, 5) is 4.85. The summed E-state index contributed by atoms with van der Waals surface area (Å²) in [5.74, 6) is 1.78. The van der Waals surface area contributed by atoms with E-state index in [0.29, 0.717) is 11.9 Å². The molecule has 0 aliphatic heterocycles.